The molecule has 48 valence electrons. The molecular formula is C4H11N3O. The molecule has 0 amide bonds. The molecule has 4 N–H and O–H groups in total. The maximum Gasteiger partial charge on any atom is 0.188 e. The van der Waals surface area contributed by atoms with Crippen LogP contribution in [-0.4, -0.2) is 31.3 Å². The van der Waals surface area contributed by atoms with Crippen LogP contribution in [0.3, 0.4) is 0 Å². The SMILES string of the molecule is CN=C(N)NCCO. The molecule has 0 saturated carbocycles. The van der Waals surface area contributed by atoms with Gasteiger partial charge in [0.2, 0.25) is 0 Å². The predicted molar refractivity (Wildman–Crippen MR) is 32.6 cm³/mol. The Kier molecular flexibility index (Phi) is 3.97. The van der Waals surface area contributed by atoms with E-state index in [1.807, 2.05) is 0 Å². The van der Waals surface area contributed by atoms with Gasteiger partial charge in [0.1, 0.15) is 0 Å². The van der Waals surface area contributed by atoms with Crippen molar-refractivity contribution in [2.75, 3.05) is 20.2 Å². The molecule has 0 spiro atoms. The molecule has 0 aliphatic heterocycles. The van der Waals surface area contributed by atoms with Crippen molar-refractivity contribution in [3.05, 3.63) is 0 Å². The molecule has 0 aromatic rings. The molecular weight excluding hydrogens is 106 g/mol. The molecule has 0 saturated heterocycles. The first kappa shape index (κ1) is 7.23. The van der Waals surface area contributed by atoms with E-state index < -0.39 is 0 Å². The maximum atomic E-state index is 8.24. The number of aliphatic hydroxyl groups is 1. The summed E-state index contributed by atoms with van der Waals surface area (Å²) in [6.07, 6.45) is 0. The molecule has 8 heavy (non-hydrogen) atoms. The van der Waals surface area contributed by atoms with Crippen molar-refractivity contribution < 1.29 is 5.11 Å². The average Bonchev–Trinajstić information content (AvgIpc) is 1.83. The van der Waals surface area contributed by atoms with E-state index in [0.717, 1.165) is 0 Å². The van der Waals surface area contributed by atoms with E-state index in [4.69, 9.17) is 10.8 Å². The Hall–Kier alpha value is -0.770. The minimum atomic E-state index is 0.0796. The zero-order chi connectivity index (χ0) is 6.41. The molecule has 4 nitrogen and oxygen atoms in total. The number of guanidine groups is 1. The van der Waals surface area contributed by atoms with Crippen LogP contribution in [0.5, 0.6) is 0 Å². The monoisotopic (exact) mass is 117 g/mol. The zero-order valence-corrected chi connectivity index (χ0v) is 4.89. The van der Waals surface area contributed by atoms with Crippen LogP contribution in [0, 0.1) is 0 Å². The Morgan fingerprint density at radius 3 is 2.88 bits per heavy atom. The van der Waals surface area contributed by atoms with Gasteiger partial charge in [-0.15, -0.1) is 0 Å². The van der Waals surface area contributed by atoms with Crippen molar-refractivity contribution in [2.45, 2.75) is 0 Å². The molecule has 0 fully saturated rings. The maximum absolute atomic E-state index is 8.24. The smallest absolute Gasteiger partial charge is 0.188 e. The third-order valence-corrected chi connectivity index (χ3v) is 0.659. The van der Waals surface area contributed by atoms with Gasteiger partial charge >= 0.3 is 0 Å². The number of nitrogens with two attached hydrogens (primary N) is 1. The third kappa shape index (κ3) is 3.42. The summed E-state index contributed by atoms with van der Waals surface area (Å²) in [5.74, 6) is 0.360. The molecule has 0 radical (unpaired) electrons. The van der Waals surface area contributed by atoms with E-state index >= 15 is 0 Å². The van der Waals surface area contributed by atoms with Gasteiger partial charge in [0.25, 0.3) is 0 Å². The fraction of sp³-hybridized carbons (Fsp3) is 0.750. The summed E-state index contributed by atoms with van der Waals surface area (Å²) in [5.41, 5.74) is 5.19. The van der Waals surface area contributed by atoms with Crippen molar-refractivity contribution in [2.24, 2.45) is 10.7 Å². The van der Waals surface area contributed by atoms with Crippen LogP contribution in [0.2, 0.25) is 0 Å². The van der Waals surface area contributed by atoms with Gasteiger partial charge < -0.3 is 16.2 Å². The summed E-state index contributed by atoms with van der Waals surface area (Å²) in [4.78, 5) is 3.60. The normalized spacial score (nSPS) is 11.5. The summed E-state index contributed by atoms with van der Waals surface area (Å²) in [5, 5.41) is 10.9. The topological polar surface area (TPSA) is 70.6 Å². The van der Waals surface area contributed by atoms with Crippen molar-refractivity contribution >= 4 is 5.96 Å². The summed E-state index contributed by atoms with van der Waals surface area (Å²) in [6.45, 7) is 0.541. The van der Waals surface area contributed by atoms with E-state index in [0.29, 0.717) is 12.5 Å². The number of rotatable bonds is 2. The molecule has 0 aromatic carbocycles. The highest BCUT2D eigenvalue weighted by molar-refractivity contribution is 5.77. The van der Waals surface area contributed by atoms with Crippen LogP contribution < -0.4 is 11.1 Å². The van der Waals surface area contributed by atoms with Gasteiger partial charge in [0.05, 0.1) is 6.61 Å². The number of hydrogen-bond donors (Lipinski definition) is 3. The van der Waals surface area contributed by atoms with E-state index in [1.54, 1.807) is 7.05 Å². The third-order valence-electron chi connectivity index (χ3n) is 0.659. The van der Waals surface area contributed by atoms with Crippen molar-refractivity contribution in [3.8, 4) is 0 Å². The lowest BCUT2D eigenvalue weighted by Crippen LogP contribution is -2.33. The molecule has 0 aliphatic carbocycles. The summed E-state index contributed by atoms with van der Waals surface area (Å²) in [6, 6.07) is 0. The predicted octanol–water partition coefficient (Wildman–Crippen LogP) is -1.49. The number of nitrogens with zero attached hydrogens (tertiary/aromatic N) is 1. The van der Waals surface area contributed by atoms with Crippen LogP contribution >= 0.6 is 0 Å². The Morgan fingerprint density at radius 2 is 2.50 bits per heavy atom. The van der Waals surface area contributed by atoms with Gasteiger partial charge in [0, 0.05) is 13.6 Å². The standard InChI is InChI=1S/C4H11N3O/c1-6-4(5)7-2-3-8/h8H,2-3H2,1H3,(H3,5,6,7). The molecule has 0 aromatic heterocycles. The first-order chi connectivity index (χ1) is 3.81. The molecule has 0 heterocycles. The minimum absolute atomic E-state index is 0.0796. The molecule has 0 bridgehead atoms. The quantitative estimate of drug-likeness (QED) is 0.305. The second kappa shape index (κ2) is 4.39. The average molecular weight is 117 g/mol. The Balaban J connectivity index is 3.12. The first-order valence-corrected chi connectivity index (χ1v) is 2.38. The highest BCUT2D eigenvalue weighted by atomic mass is 16.3. The lowest BCUT2D eigenvalue weighted by atomic mass is 10.7. The lowest BCUT2D eigenvalue weighted by molar-refractivity contribution is 0.300. The van der Waals surface area contributed by atoms with Gasteiger partial charge in [-0.05, 0) is 0 Å². The number of nitrogens with one attached hydrogen (secondary N) is 1. The lowest BCUT2D eigenvalue weighted by Gasteiger charge is -1.98. The van der Waals surface area contributed by atoms with Gasteiger partial charge in [-0.2, -0.15) is 0 Å². The fourth-order valence-corrected chi connectivity index (χ4v) is 0.263. The van der Waals surface area contributed by atoms with Crippen molar-refractivity contribution in [1.82, 2.24) is 5.32 Å². The summed E-state index contributed by atoms with van der Waals surface area (Å²) in [7, 11) is 1.58. The Morgan fingerprint density at radius 1 is 1.88 bits per heavy atom. The van der Waals surface area contributed by atoms with E-state index in [-0.39, 0.29) is 6.61 Å². The Labute approximate surface area is 48.4 Å². The highest BCUT2D eigenvalue weighted by Crippen LogP contribution is 1.56. The molecule has 0 atom stereocenters. The second-order valence-corrected chi connectivity index (χ2v) is 1.26. The summed E-state index contributed by atoms with van der Waals surface area (Å²) < 4.78 is 0. The van der Waals surface area contributed by atoms with Gasteiger partial charge in [-0.1, -0.05) is 0 Å². The summed E-state index contributed by atoms with van der Waals surface area (Å²) >= 11 is 0. The van der Waals surface area contributed by atoms with E-state index in [1.165, 1.54) is 0 Å². The highest BCUT2D eigenvalue weighted by Gasteiger charge is 1.82. The first-order valence-electron chi connectivity index (χ1n) is 2.38. The molecule has 0 aliphatic rings. The zero-order valence-electron chi connectivity index (χ0n) is 4.89. The van der Waals surface area contributed by atoms with Crippen LogP contribution in [0.15, 0.2) is 4.99 Å². The minimum Gasteiger partial charge on any atom is -0.395 e. The van der Waals surface area contributed by atoms with Gasteiger partial charge in [-0.3, -0.25) is 4.99 Å². The largest absolute Gasteiger partial charge is 0.395 e. The van der Waals surface area contributed by atoms with Crippen molar-refractivity contribution in [3.63, 3.8) is 0 Å². The Bertz CT molecular complexity index is 81.4. The van der Waals surface area contributed by atoms with Crippen molar-refractivity contribution in [1.29, 1.82) is 0 Å². The van der Waals surface area contributed by atoms with E-state index in [2.05, 4.69) is 10.3 Å². The van der Waals surface area contributed by atoms with Crippen LogP contribution in [-0.2, 0) is 0 Å². The van der Waals surface area contributed by atoms with Crippen LogP contribution in [0.25, 0.3) is 0 Å². The van der Waals surface area contributed by atoms with Crippen LogP contribution in [0.4, 0.5) is 0 Å². The second-order valence-electron chi connectivity index (χ2n) is 1.26. The number of hydrogen-bond acceptors (Lipinski definition) is 2. The van der Waals surface area contributed by atoms with Gasteiger partial charge in [0.15, 0.2) is 5.96 Å². The molecule has 0 rings (SSSR count). The van der Waals surface area contributed by atoms with Gasteiger partial charge in [-0.25, -0.2) is 0 Å². The number of aliphatic imine (C=N–C) groups is 1. The fourth-order valence-electron chi connectivity index (χ4n) is 0.263. The molecule has 0 unspecified atom stereocenters. The molecule has 4 heteroatoms. The van der Waals surface area contributed by atoms with E-state index in [9.17, 15) is 0 Å². The van der Waals surface area contributed by atoms with Crippen LogP contribution in [0.1, 0.15) is 0 Å². The number of aliphatic hydroxyl groups excluding tert-OH is 1.